The van der Waals surface area contributed by atoms with E-state index in [1.807, 2.05) is 24.3 Å². The van der Waals surface area contributed by atoms with Gasteiger partial charge in [0, 0.05) is 11.6 Å². The van der Waals surface area contributed by atoms with Crippen molar-refractivity contribution < 1.29 is 14.3 Å². The van der Waals surface area contributed by atoms with Gasteiger partial charge in [-0.05, 0) is 29.8 Å². The van der Waals surface area contributed by atoms with E-state index in [1.54, 1.807) is 37.5 Å². The molecule has 2 rings (SSSR count). The molecule has 4 heteroatoms. The van der Waals surface area contributed by atoms with Crippen LogP contribution in [0.25, 0.3) is 6.08 Å². The van der Waals surface area contributed by atoms with Crippen LogP contribution in [0.5, 0.6) is 5.75 Å². The van der Waals surface area contributed by atoms with E-state index in [-0.39, 0.29) is 6.61 Å². The van der Waals surface area contributed by atoms with Gasteiger partial charge >= 0.3 is 5.97 Å². The van der Waals surface area contributed by atoms with E-state index >= 15 is 0 Å². The number of nitrogens with zero attached hydrogens (tertiary/aromatic N) is 1. The maximum absolute atomic E-state index is 11.7. The van der Waals surface area contributed by atoms with Crippen LogP contribution in [0.1, 0.15) is 16.7 Å². The van der Waals surface area contributed by atoms with Crippen molar-refractivity contribution in [3.05, 3.63) is 71.3 Å². The van der Waals surface area contributed by atoms with Gasteiger partial charge in [0.2, 0.25) is 0 Å². The predicted octanol–water partition coefficient (Wildman–Crippen LogP) is 3.32. The van der Waals surface area contributed by atoms with E-state index in [1.165, 1.54) is 6.08 Å². The van der Waals surface area contributed by atoms with Crippen LogP contribution in [0.4, 0.5) is 0 Å². The zero-order valence-electron chi connectivity index (χ0n) is 12.2. The summed E-state index contributed by atoms with van der Waals surface area (Å²) in [7, 11) is 1.59. The van der Waals surface area contributed by atoms with Crippen molar-refractivity contribution >= 4 is 12.0 Å². The Bertz CT molecular complexity index is 729. The van der Waals surface area contributed by atoms with Gasteiger partial charge in [0.15, 0.2) is 0 Å². The van der Waals surface area contributed by atoms with E-state index in [9.17, 15) is 4.79 Å². The van der Waals surface area contributed by atoms with Gasteiger partial charge in [0.25, 0.3) is 0 Å². The molecule has 110 valence electrons. The smallest absolute Gasteiger partial charge is 0.331 e. The average molecular weight is 293 g/mol. The maximum Gasteiger partial charge on any atom is 0.331 e. The largest absolute Gasteiger partial charge is 0.497 e. The number of rotatable bonds is 5. The molecular weight excluding hydrogens is 278 g/mol. The Labute approximate surface area is 129 Å². The van der Waals surface area contributed by atoms with Crippen LogP contribution in [-0.4, -0.2) is 13.1 Å². The maximum atomic E-state index is 11.7. The highest BCUT2D eigenvalue weighted by Gasteiger charge is 2.03. The zero-order chi connectivity index (χ0) is 15.8. The number of carbonyl (C=O) groups excluding carboxylic acids is 1. The lowest BCUT2D eigenvalue weighted by atomic mass is 10.1. The van der Waals surface area contributed by atoms with Crippen molar-refractivity contribution in [2.24, 2.45) is 0 Å². The normalized spacial score (nSPS) is 10.2. The van der Waals surface area contributed by atoms with Gasteiger partial charge in [0.05, 0.1) is 18.7 Å². The second-order valence-electron chi connectivity index (χ2n) is 4.49. The van der Waals surface area contributed by atoms with Gasteiger partial charge in [-0.25, -0.2) is 4.79 Å². The van der Waals surface area contributed by atoms with Gasteiger partial charge in [-0.15, -0.1) is 0 Å². The lowest BCUT2D eigenvalue weighted by Gasteiger charge is -2.04. The summed E-state index contributed by atoms with van der Waals surface area (Å²) in [5, 5.41) is 8.97. The summed E-state index contributed by atoms with van der Waals surface area (Å²) in [6, 6.07) is 16.4. The second-order valence-corrected chi connectivity index (χ2v) is 4.49. The zero-order valence-corrected chi connectivity index (χ0v) is 12.2. The van der Waals surface area contributed by atoms with Crippen molar-refractivity contribution in [2.45, 2.75) is 6.61 Å². The first kappa shape index (κ1) is 15.3. The lowest BCUT2D eigenvalue weighted by molar-refractivity contribution is -0.138. The minimum atomic E-state index is -0.462. The number of esters is 1. The molecule has 0 amide bonds. The number of benzene rings is 2. The first-order chi connectivity index (χ1) is 10.7. The Kier molecular flexibility index (Phi) is 5.33. The third kappa shape index (κ3) is 4.22. The molecular formula is C18H15NO3. The number of hydrogen-bond donors (Lipinski definition) is 0. The Morgan fingerprint density at radius 3 is 2.82 bits per heavy atom. The number of nitriles is 1. The van der Waals surface area contributed by atoms with Gasteiger partial charge < -0.3 is 9.47 Å². The van der Waals surface area contributed by atoms with E-state index in [2.05, 4.69) is 6.07 Å². The van der Waals surface area contributed by atoms with Crippen LogP contribution in [0, 0.1) is 11.3 Å². The number of ether oxygens (including phenoxy) is 2. The lowest BCUT2D eigenvalue weighted by Crippen LogP contribution is -2.02. The average Bonchev–Trinajstić information content (AvgIpc) is 2.58. The van der Waals surface area contributed by atoms with Crippen molar-refractivity contribution in [1.29, 1.82) is 5.26 Å². The molecule has 2 aromatic rings. The van der Waals surface area contributed by atoms with Crippen LogP contribution in [0.2, 0.25) is 0 Å². The van der Waals surface area contributed by atoms with E-state index in [0.717, 1.165) is 11.3 Å². The highest BCUT2D eigenvalue weighted by Crippen LogP contribution is 2.14. The highest BCUT2D eigenvalue weighted by atomic mass is 16.5. The topological polar surface area (TPSA) is 59.3 Å². The molecule has 0 aliphatic heterocycles. The van der Waals surface area contributed by atoms with Gasteiger partial charge in [-0.2, -0.15) is 5.26 Å². The van der Waals surface area contributed by atoms with Crippen molar-refractivity contribution in [2.75, 3.05) is 7.11 Å². The first-order valence-electron chi connectivity index (χ1n) is 6.70. The third-order valence-electron chi connectivity index (χ3n) is 3.01. The number of methoxy groups -OCH3 is 1. The molecule has 0 aliphatic carbocycles. The summed E-state index contributed by atoms with van der Waals surface area (Å²) in [5.74, 6) is 0.258. The molecule has 4 nitrogen and oxygen atoms in total. The SMILES string of the molecule is COc1cccc(C=CC(=O)OCc2ccccc2C#N)c1. The van der Waals surface area contributed by atoms with E-state index in [4.69, 9.17) is 14.7 Å². The van der Waals surface area contributed by atoms with Crippen LogP contribution < -0.4 is 4.74 Å². The van der Waals surface area contributed by atoms with Crippen LogP contribution in [0.3, 0.4) is 0 Å². The summed E-state index contributed by atoms with van der Waals surface area (Å²) in [5.41, 5.74) is 2.04. The fourth-order valence-corrected chi connectivity index (χ4v) is 1.86. The summed E-state index contributed by atoms with van der Waals surface area (Å²) < 4.78 is 10.3. The molecule has 0 bridgehead atoms. The third-order valence-corrected chi connectivity index (χ3v) is 3.01. The Morgan fingerprint density at radius 1 is 1.23 bits per heavy atom. The molecule has 0 saturated heterocycles. The summed E-state index contributed by atoms with van der Waals surface area (Å²) in [4.78, 5) is 11.7. The molecule has 0 radical (unpaired) electrons. The molecule has 0 fully saturated rings. The molecule has 0 spiro atoms. The van der Waals surface area contributed by atoms with Gasteiger partial charge in [-0.3, -0.25) is 0 Å². The first-order valence-corrected chi connectivity index (χ1v) is 6.70. The Morgan fingerprint density at radius 2 is 2.05 bits per heavy atom. The summed E-state index contributed by atoms with van der Waals surface area (Å²) in [6.07, 6.45) is 3.00. The Hall–Kier alpha value is -3.06. The number of hydrogen-bond acceptors (Lipinski definition) is 4. The minimum absolute atomic E-state index is 0.0744. The predicted molar refractivity (Wildman–Crippen MR) is 83.0 cm³/mol. The number of carbonyl (C=O) groups is 1. The van der Waals surface area contributed by atoms with Gasteiger partial charge in [-0.1, -0.05) is 30.3 Å². The summed E-state index contributed by atoms with van der Waals surface area (Å²) >= 11 is 0. The quantitative estimate of drug-likeness (QED) is 0.626. The van der Waals surface area contributed by atoms with Crippen LogP contribution in [-0.2, 0) is 16.1 Å². The highest BCUT2D eigenvalue weighted by molar-refractivity contribution is 5.87. The molecule has 0 saturated carbocycles. The Balaban J connectivity index is 1.95. The second kappa shape index (κ2) is 7.65. The molecule has 0 N–H and O–H groups in total. The van der Waals surface area contributed by atoms with Crippen molar-refractivity contribution in [3.8, 4) is 11.8 Å². The van der Waals surface area contributed by atoms with Crippen molar-refractivity contribution in [1.82, 2.24) is 0 Å². The molecule has 0 heterocycles. The molecule has 0 aromatic heterocycles. The molecule has 22 heavy (non-hydrogen) atoms. The van der Waals surface area contributed by atoms with Crippen LogP contribution in [0.15, 0.2) is 54.6 Å². The summed E-state index contributed by atoms with van der Waals surface area (Å²) in [6.45, 7) is 0.0744. The molecule has 0 aliphatic rings. The van der Waals surface area contributed by atoms with Crippen molar-refractivity contribution in [3.63, 3.8) is 0 Å². The monoisotopic (exact) mass is 293 g/mol. The fraction of sp³-hybridized carbons (Fsp3) is 0.111. The molecule has 0 atom stereocenters. The standard InChI is InChI=1S/C18H15NO3/c1-21-17-8-4-5-14(11-17)9-10-18(20)22-13-16-7-3-2-6-15(16)12-19/h2-11H,13H2,1H3. The van der Waals surface area contributed by atoms with E-state index in [0.29, 0.717) is 11.1 Å². The van der Waals surface area contributed by atoms with E-state index < -0.39 is 5.97 Å². The molecule has 0 unspecified atom stereocenters. The van der Waals surface area contributed by atoms with Gasteiger partial charge in [0.1, 0.15) is 12.4 Å². The minimum Gasteiger partial charge on any atom is -0.497 e. The molecule has 2 aromatic carbocycles. The fourth-order valence-electron chi connectivity index (χ4n) is 1.86. The van der Waals surface area contributed by atoms with Crippen LogP contribution >= 0.6 is 0 Å².